The number of aliphatic hydroxyl groups excluding tert-OH is 1. The second-order valence-electron chi connectivity index (χ2n) is 4.20. The van der Waals surface area contributed by atoms with Crippen molar-refractivity contribution in [3.8, 4) is 0 Å². The molecule has 0 heterocycles. The van der Waals surface area contributed by atoms with E-state index in [1.807, 2.05) is 35.3 Å². The third kappa shape index (κ3) is 22.8. The van der Waals surface area contributed by atoms with Crippen molar-refractivity contribution in [1.29, 1.82) is 0 Å². The lowest BCUT2D eigenvalue weighted by molar-refractivity contribution is -0.138. The average Bonchev–Trinajstić information content (AvgIpc) is 2.64. The van der Waals surface area contributed by atoms with Gasteiger partial charge in [-0.2, -0.15) is 12.6 Å². The Labute approximate surface area is 195 Å². The summed E-state index contributed by atoms with van der Waals surface area (Å²) in [4.78, 5) is 11.5. The van der Waals surface area contributed by atoms with Gasteiger partial charge in [0.05, 0.1) is 12.4 Å². The topological polar surface area (TPSA) is 69.6 Å². The highest BCUT2D eigenvalue weighted by Gasteiger charge is 2.05. The van der Waals surface area contributed by atoms with Gasteiger partial charge in [-0.05, 0) is 11.2 Å². The maximum absolute atomic E-state index is 11.6. The second-order valence-corrected chi connectivity index (χ2v) is 15.4. The highest BCUT2D eigenvalue weighted by Crippen LogP contribution is 2.21. The Kier molecular flexibility index (Phi) is 26.1. The predicted molar refractivity (Wildman–Crippen MR) is 137 cm³/mol. The summed E-state index contributed by atoms with van der Waals surface area (Å²) in [6.45, 7) is 0.188. The summed E-state index contributed by atoms with van der Waals surface area (Å²) in [6, 6.07) is 0. The molecule has 0 bridgehead atoms. The molecule has 0 aliphatic carbocycles. The lowest BCUT2D eigenvalue weighted by atomic mass is 10.8. The highest BCUT2D eigenvalue weighted by atomic mass is 32.3. The van der Waals surface area contributed by atoms with Crippen molar-refractivity contribution in [1.82, 2.24) is 0 Å². The van der Waals surface area contributed by atoms with Gasteiger partial charge in [0.25, 0.3) is 0 Å². The van der Waals surface area contributed by atoms with Crippen LogP contribution < -0.4 is 0 Å². The molecule has 0 spiro atoms. The third-order valence-corrected chi connectivity index (χ3v) is 12.6. The summed E-state index contributed by atoms with van der Waals surface area (Å²) in [5.41, 5.74) is 0. The number of carbonyl (C=O) groups is 1. The van der Waals surface area contributed by atoms with Crippen molar-refractivity contribution in [3.05, 3.63) is 0 Å². The number of esters is 1. The molecular formula is C13H26O4S9. The molecule has 0 saturated heterocycles. The summed E-state index contributed by atoms with van der Waals surface area (Å²) in [6.07, 6.45) is 0. The van der Waals surface area contributed by atoms with Gasteiger partial charge in [0, 0.05) is 36.9 Å². The lowest BCUT2D eigenvalue weighted by Crippen LogP contribution is -2.10. The van der Waals surface area contributed by atoms with E-state index in [-0.39, 0.29) is 12.6 Å². The van der Waals surface area contributed by atoms with Gasteiger partial charge in [0.1, 0.15) is 11.7 Å². The Morgan fingerprint density at radius 2 is 1.62 bits per heavy atom. The fourth-order valence-electron chi connectivity index (χ4n) is 1.14. The minimum absolute atomic E-state index is 0.164. The van der Waals surface area contributed by atoms with E-state index in [0.29, 0.717) is 16.8 Å². The molecule has 0 rings (SSSR count). The Hall–Kier alpha value is 2.54. The van der Waals surface area contributed by atoms with Gasteiger partial charge in [0.2, 0.25) is 0 Å². The summed E-state index contributed by atoms with van der Waals surface area (Å²) in [5, 5.41) is 13.8. The number of thioether (sulfide) groups is 7. The highest BCUT2D eigenvalue weighted by molar-refractivity contribution is 8.26. The third-order valence-electron chi connectivity index (χ3n) is 2.19. The summed E-state index contributed by atoms with van der Waals surface area (Å²) in [7, 11) is 0. The quantitative estimate of drug-likeness (QED) is 0.0782. The van der Waals surface area contributed by atoms with Crippen LogP contribution in [0.3, 0.4) is 0 Å². The number of ether oxygens (including phenoxy) is 1. The molecule has 0 aliphatic rings. The first-order valence-electron chi connectivity index (χ1n) is 7.47. The van der Waals surface area contributed by atoms with Crippen molar-refractivity contribution < 1.29 is 19.2 Å². The number of carbonyl (C=O) groups excluding carboxylic acids is 1. The molecule has 0 radical (unpaired) electrons. The number of hydrogen-bond acceptors (Lipinski definition) is 12. The molecular weight excluding hydrogens is 509 g/mol. The van der Waals surface area contributed by atoms with Crippen molar-refractivity contribution in [2.24, 2.45) is 0 Å². The summed E-state index contributed by atoms with van der Waals surface area (Å²) >= 11 is 15.2. The van der Waals surface area contributed by atoms with Crippen LogP contribution >= 0.6 is 95.0 Å². The number of aliphatic hydroxyl groups is 1. The molecule has 0 aromatic carbocycles. The van der Waals surface area contributed by atoms with Crippen LogP contribution in [0, 0.1) is 0 Å². The van der Waals surface area contributed by atoms with Crippen molar-refractivity contribution in [3.63, 3.8) is 0 Å². The number of thiol groups is 1. The van der Waals surface area contributed by atoms with Crippen molar-refractivity contribution >= 4 is 112 Å². The maximum Gasteiger partial charge on any atom is 0.316 e. The Morgan fingerprint density at radius 3 is 2.35 bits per heavy atom. The van der Waals surface area contributed by atoms with Crippen LogP contribution in [0.15, 0.2) is 0 Å². The second kappa shape index (κ2) is 23.8. The van der Waals surface area contributed by atoms with E-state index in [9.17, 15) is 9.35 Å². The minimum Gasteiger partial charge on any atom is -0.616 e. The molecule has 156 valence electrons. The largest absolute Gasteiger partial charge is 0.616 e. The first-order chi connectivity index (χ1) is 12.7. The van der Waals surface area contributed by atoms with Crippen molar-refractivity contribution in [2.75, 3.05) is 66.1 Å². The van der Waals surface area contributed by atoms with E-state index in [1.165, 1.54) is 0 Å². The molecule has 1 unspecified atom stereocenters. The molecule has 26 heavy (non-hydrogen) atoms. The Bertz CT molecular complexity index is 315. The fourth-order valence-corrected chi connectivity index (χ4v) is 10.3. The molecule has 0 fully saturated rings. The van der Waals surface area contributed by atoms with E-state index < -0.39 is 11.2 Å². The molecule has 13 heteroatoms. The van der Waals surface area contributed by atoms with Crippen LogP contribution in [0.1, 0.15) is 0 Å². The average molecular weight is 535 g/mol. The van der Waals surface area contributed by atoms with Crippen LogP contribution in [0.25, 0.3) is 0 Å². The van der Waals surface area contributed by atoms with Crippen molar-refractivity contribution in [2.45, 2.75) is 0 Å². The van der Waals surface area contributed by atoms with E-state index in [4.69, 9.17) is 9.84 Å². The normalized spacial score (nSPS) is 12.3. The van der Waals surface area contributed by atoms with Gasteiger partial charge in [-0.25, -0.2) is 0 Å². The molecule has 1 N–H and O–H groups in total. The smallest absolute Gasteiger partial charge is 0.316 e. The first kappa shape index (κ1) is 28.5. The number of rotatable bonds is 20. The van der Waals surface area contributed by atoms with E-state index in [2.05, 4.69) is 12.6 Å². The molecule has 0 aromatic heterocycles. The Morgan fingerprint density at radius 1 is 0.962 bits per heavy atom. The maximum atomic E-state index is 11.6. The molecule has 1 atom stereocenters. The molecule has 4 nitrogen and oxygen atoms in total. The monoisotopic (exact) mass is 534 g/mol. The zero-order valence-electron chi connectivity index (χ0n) is 14.4. The van der Waals surface area contributed by atoms with Crippen LogP contribution in [0.5, 0.6) is 0 Å². The van der Waals surface area contributed by atoms with Crippen LogP contribution in [-0.4, -0.2) is 81.7 Å². The van der Waals surface area contributed by atoms with Gasteiger partial charge in [-0.15, -0.1) is 70.6 Å². The molecule has 0 aliphatic heterocycles. The first-order valence-corrected chi connectivity index (χ1v) is 17.7. The van der Waals surface area contributed by atoms with Gasteiger partial charge in [-0.1, -0.05) is 11.8 Å². The Balaban J connectivity index is 3.19. The molecule has 0 amide bonds. The van der Waals surface area contributed by atoms with Crippen LogP contribution in [-0.2, 0) is 20.7 Å². The van der Waals surface area contributed by atoms with E-state index >= 15 is 0 Å². The molecule has 0 aromatic rings. The van der Waals surface area contributed by atoms with Gasteiger partial charge in [-0.3, -0.25) is 4.79 Å². The zero-order valence-corrected chi connectivity index (χ0v) is 21.8. The van der Waals surface area contributed by atoms with Gasteiger partial charge < -0.3 is 14.4 Å². The standard InChI is InChI=1S/C13H26O4S9/c14-1-2-19-8-22-6-17-13(15)5-21-10-25-11-24-9-20-3-4-26(16)12-23-7-18/h14,18H,1-12H2. The minimum atomic E-state index is -0.722. The lowest BCUT2D eigenvalue weighted by Gasteiger charge is -2.09. The summed E-state index contributed by atoms with van der Waals surface area (Å²) < 4.78 is 16.7. The number of hydrogen-bond donors (Lipinski definition) is 2. The van der Waals surface area contributed by atoms with Gasteiger partial charge in [0.15, 0.2) is 5.08 Å². The van der Waals surface area contributed by atoms with Crippen LogP contribution in [0.2, 0.25) is 0 Å². The zero-order chi connectivity index (χ0) is 19.3. The van der Waals surface area contributed by atoms with Crippen LogP contribution in [0.4, 0.5) is 0 Å². The fraction of sp³-hybridized carbons (Fsp3) is 0.923. The van der Waals surface area contributed by atoms with E-state index in [0.717, 1.165) is 42.7 Å². The van der Waals surface area contributed by atoms with Gasteiger partial charge >= 0.3 is 5.97 Å². The summed E-state index contributed by atoms with van der Waals surface area (Å²) in [5.74, 6) is 3.04. The predicted octanol–water partition coefficient (Wildman–Crippen LogP) is 4.04. The molecule has 0 saturated carbocycles. The van der Waals surface area contributed by atoms with E-state index in [1.54, 1.807) is 47.0 Å². The SMILES string of the molecule is O=C(CSCSCSCSCC[S+]([O-])CSCS)OCSCSCCO.